The molecule has 2 saturated heterocycles. The number of nitrogens with zero attached hydrogens (tertiary/aromatic N) is 1. The number of aliphatic hydroxyl groups excluding tert-OH is 1. The van der Waals surface area contributed by atoms with Crippen molar-refractivity contribution in [3.8, 4) is 5.75 Å². The van der Waals surface area contributed by atoms with Crippen LogP contribution in [0.15, 0.2) is 42.2 Å². The van der Waals surface area contributed by atoms with E-state index in [0.29, 0.717) is 36.1 Å². The first-order valence-electron chi connectivity index (χ1n) is 16.5. The molecule has 0 aromatic heterocycles. The Kier molecular flexibility index (Phi) is 10.5. The van der Waals surface area contributed by atoms with E-state index in [-0.39, 0.29) is 18.9 Å². The molecule has 14 heteroatoms. The average molecular weight is 665 g/mol. The Morgan fingerprint density at radius 2 is 1.67 bits per heavy atom. The molecule has 0 radical (unpaired) electrons. The van der Waals surface area contributed by atoms with Gasteiger partial charge < -0.3 is 41.3 Å². The normalized spacial score (nSPS) is 30.4. The topological polar surface area (TPSA) is 195 Å². The Labute approximate surface area is 279 Å². The number of fused-ring (bicyclic) bond motifs is 3. The Hall–Kier alpha value is -4.72. The van der Waals surface area contributed by atoms with E-state index in [1.807, 2.05) is 12.1 Å². The summed E-state index contributed by atoms with van der Waals surface area (Å²) in [6.07, 6.45) is 4.99. The second-order valence-electron chi connectivity index (χ2n) is 13.3. The Morgan fingerprint density at radius 1 is 0.938 bits per heavy atom. The number of benzene rings is 1. The lowest BCUT2D eigenvalue weighted by molar-refractivity contribution is -0.145. The molecule has 14 nitrogen and oxygen atoms in total. The number of para-hydroxylation sites is 1. The van der Waals surface area contributed by atoms with Crippen LogP contribution < -0.4 is 31.3 Å². The number of amides is 6. The van der Waals surface area contributed by atoms with Gasteiger partial charge in [0.25, 0.3) is 5.91 Å². The molecule has 0 bridgehead atoms. The lowest BCUT2D eigenvalue weighted by atomic mass is 9.98. The van der Waals surface area contributed by atoms with Crippen LogP contribution in [0.3, 0.4) is 0 Å². The number of aliphatic hydroxyl groups is 1. The molecule has 0 unspecified atom stereocenters. The highest BCUT2D eigenvalue weighted by Gasteiger charge is 2.45. The number of hydrogen-bond acceptors (Lipinski definition) is 8. The van der Waals surface area contributed by atoms with Crippen molar-refractivity contribution in [1.82, 2.24) is 31.5 Å². The molecule has 6 amide bonds. The van der Waals surface area contributed by atoms with Crippen LogP contribution in [0.4, 0.5) is 0 Å². The van der Waals surface area contributed by atoms with Gasteiger partial charge in [-0.1, -0.05) is 38.5 Å². The largest absolute Gasteiger partial charge is 0.464 e. The Bertz CT molecular complexity index is 1520. The van der Waals surface area contributed by atoms with E-state index in [1.54, 1.807) is 32.1 Å². The first kappa shape index (κ1) is 34.6. The maximum atomic E-state index is 14.1. The summed E-state index contributed by atoms with van der Waals surface area (Å²) in [5.74, 6) is -3.79. The van der Waals surface area contributed by atoms with Gasteiger partial charge in [0.05, 0.1) is 18.3 Å². The van der Waals surface area contributed by atoms with E-state index in [1.165, 1.54) is 31.1 Å². The molecular formula is C34H44N6O8. The molecule has 3 aliphatic heterocycles. The number of rotatable bonds is 4. The molecule has 1 aromatic carbocycles. The lowest BCUT2D eigenvalue weighted by Gasteiger charge is -2.33. The van der Waals surface area contributed by atoms with Gasteiger partial charge >= 0.3 is 0 Å². The quantitative estimate of drug-likeness (QED) is 0.256. The number of hydrogen-bond donors (Lipinski definition) is 6. The lowest BCUT2D eigenvalue weighted by Crippen LogP contribution is -2.62. The molecule has 0 spiro atoms. The third kappa shape index (κ3) is 7.53. The molecule has 3 fully saturated rings. The van der Waals surface area contributed by atoms with Crippen molar-refractivity contribution in [2.75, 3.05) is 6.54 Å². The number of nitrogens with one attached hydrogen (secondary N) is 5. The van der Waals surface area contributed by atoms with E-state index >= 15 is 0 Å². The van der Waals surface area contributed by atoms with Gasteiger partial charge in [-0.05, 0) is 57.2 Å². The molecule has 4 aliphatic rings. The minimum Gasteiger partial charge on any atom is -0.464 e. The molecule has 48 heavy (non-hydrogen) atoms. The summed E-state index contributed by atoms with van der Waals surface area (Å²) in [6.45, 7) is 6.24. The van der Waals surface area contributed by atoms with Crippen molar-refractivity contribution in [3.05, 3.63) is 47.7 Å². The molecule has 1 aliphatic carbocycles. The molecule has 258 valence electrons. The summed E-state index contributed by atoms with van der Waals surface area (Å²) in [6, 6.07) is 1.39. The summed E-state index contributed by atoms with van der Waals surface area (Å²) in [5, 5.41) is 24.6. The van der Waals surface area contributed by atoms with Crippen LogP contribution >= 0.6 is 0 Å². The third-order valence-electron chi connectivity index (χ3n) is 9.38. The van der Waals surface area contributed by atoms with E-state index in [9.17, 15) is 33.9 Å². The SMILES string of the molecule is CC(C)[C@H]1NC(=O)[C@H]2CCC[C@@H]2NC(=O)[C@H](C)NC(=O)[C@@H]2C[C@H](NC(=O)C3=Cc4ccccc4OC=C3)CN2C(=O)[C@H]([C@@H](C)O)NC1=O. The Morgan fingerprint density at radius 3 is 2.40 bits per heavy atom. The minimum atomic E-state index is -1.46. The second-order valence-corrected chi connectivity index (χ2v) is 13.3. The molecule has 3 heterocycles. The van der Waals surface area contributed by atoms with Crippen LogP contribution in [0, 0.1) is 11.8 Å². The predicted molar refractivity (Wildman–Crippen MR) is 173 cm³/mol. The molecule has 5 rings (SSSR count). The van der Waals surface area contributed by atoms with Gasteiger partial charge in [-0.25, -0.2) is 0 Å². The van der Waals surface area contributed by atoms with Gasteiger partial charge in [0.2, 0.25) is 29.5 Å². The van der Waals surface area contributed by atoms with Crippen molar-refractivity contribution >= 4 is 41.5 Å². The van der Waals surface area contributed by atoms with Crippen LogP contribution in [-0.2, 0) is 28.8 Å². The monoisotopic (exact) mass is 664 g/mol. The van der Waals surface area contributed by atoms with Crippen molar-refractivity contribution in [2.24, 2.45) is 11.8 Å². The zero-order valence-electron chi connectivity index (χ0n) is 27.5. The minimum absolute atomic E-state index is 0.0115. The van der Waals surface area contributed by atoms with Crippen LogP contribution in [0.5, 0.6) is 5.75 Å². The fraction of sp³-hybridized carbons (Fsp3) is 0.529. The van der Waals surface area contributed by atoms with Crippen LogP contribution in [-0.4, -0.2) is 94.3 Å². The predicted octanol–water partition coefficient (Wildman–Crippen LogP) is -0.129. The van der Waals surface area contributed by atoms with Gasteiger partial charge in [-0.2, -0.15) is 0 Å². The maximum Gasteiger partial charge on any atom is 0.251 e. The summed E-state index contributed by atoms with van der Waals surface area (Å²) < 4.78 is 5.59. The summed E-state index contributed by atoms with van der Waals surface area (Å²) >= 11 is 0. The van der Waals surface area contributed by atoms with Gasteiger partial charge in [0.1, 0.15) is 29.9 Å². The molecule has 1 aromatic rings. The van der Waals surface area contributed by atoms with Crippen LogP contribution in [0.2, 0.25) is 0 Å². The van der Waals surface area contributed by atoms with E-state index < -0.39 is 83.7 Å². The highest BCUT2D eigenvalue weighted by Crippen LogP contribution is 2.28. The van der Waals surface area contributed by atoms with E-state index in [0.717, 1.165) is 0 Å². The van der Waals surface area contributed by atoms with Crippen molar-refractivity contribution in [1.29, 1.82) is 0 Å². The first-order valence-corrected chi connectivity index (χ1v) is 16.5. The van der Waals surface area contributed by atoms with E-state index in [4.69, 9.17) is 4.74 Å². The van der Waals surface area contributed by atoms with Crippen molar-refractivity contribution in [3.63, 3.8) is 0 Å². The highest BCUT2D eigenvalue weighted by atomic mass is 16.5. The Balaban J connectivity index is 1.43. The number of carbonyl (C=O) groups excluding carboxylic acids is 6. The summed E-state index contributed by atoms with van der Waals surface area (Å²) in [7, 11) is 0. The molecule has 8 atom stereocenters. The van der Waals surface area contributed by atoms with Crippen molar-refractivity contribution < 1.29 is 38.6 Å². The van der Waals surface area contributed by atoms with Gasteiger partial charge in [0.15, 0.2) is 0 Å². The van der Waals surface area contributed by atoms with Gasteiger partial charge in [0, 0.05) is 29.8 Å². The molecular weight excluding hydrogens is 620 g/mol. The van der Waals surface area contributed by atoms with Gasteiger partial charge in [-0.15, -0.1) is 0 Å². The first-order chi connectivity index (χ1) is 22.8. The smallest absolute Gasteiger partial charge is 0.251 e. The number of carbonyl (C=O) groups is 6. The van der Waals surface area contributed by atoms with E-state index in [2.05, 4.69) is 26.6 Å². The fourth-order valence-corrected chi connectivity index (χ4v) is 6.68. The number of ether oxygens (including phenoxy) is 1. The maximum absolute atomic E-state index is 14.1. The third-order valence-corrected chi connectivity index (χ3v) is 9.38. The van der Waals surface area contributed by atoms with Crippen LogP contribution in [0.25, 0.3) is 6.08 Å². The molecule has 6 N–H and O–H groups in total. The average Bonchev–Trinajstić information content (AvgIpc) is 3.62. The zero-order valence-corrected chi connectivity index (χ0v) is 27.5. The fourth-order valence-electron chi connectivity index (χ4n) is 6.68. The standard InChI is InChI=1S/C34H44N6O8/c1-17(2)27-33(46)39-28(19(4)41)34(47)40-16-22(36-30(43)21-12-13-48-26-11-6-5-8-20(26)14-21)15-25(40)32(45)35-18(3)29(42)37-24-10-7-9-23(24)31(44)38-27/h5-6,8,11-14,17-19,22-25,27-28,41H,7,9-10,15-16H2,1-4H3,(H,35,45)(H,36,43)(H,37,42)(H,38,44)(H,39,46)/t18-,19+,22-,23-,24-,25-,27+,28-/m0/s1. The second kappa shape index (κ2) is 14.6. The summed E-state index contributed by atoms with van der Waals surface area (Å²) in [5.41, 5.74) is 0.988. The summed E-state index contributed by atoms with van der Waals surface area (Å²) in [4.78, 5) is 82.5. The zero-order chi connectivity index (χ0) is 34.7. The highest BCUT2D eigenvalue weighted by molar-refractivity contribution is 6.02. The molecule has 1 saturated carbocycles. The van der Waals surface area contributed by atoms with Crippen molar-refractivity contribution in [2.45, 2.75) is 95.7 Å². The van der Waals surface area contributed by atoms with Crippen LogP contribution in [0.1, 0.15) is 58.9 Å². The van der Waals surface area contributed by atoms with Gasteiger partial charge in [-0.3, -0.25) is 28.8 Å².